The van der Waals surface area contributed by atoms with E-state index in [0.29, 0.717) is 11.4 Å². The van der Waals surface area contributed by atoms with Crippen molar-refractivity contribution in [3.05, 3.63) is 53.2 Å². The van der Waals surface area contributed by atoms with Crippen LogP contribution in [0.4, 0.5) is 10.2 Å². The molecule has 0 aliphatic carbocycles. The highest BCUT2D eigenvalue weighted by molar-refractivity contribution is 6.28. The van der Waals surface area contributed by atoms with Gasteiger partial charge in [-0.1, -0.05) is 12.1 Å². The number of hydrogen-bond acceptors (Lipinski definition) is 4. The lowest BCUT2D eigenvalue weighted by Gasteiger charge is -2.12. The normalized spacial score (nSPS) is 12.2. The van der Waals surface area contributed by atoms with Crippen LogP contribution in [0.5, 0.6) is 0 Å². The predicted octanol–water partition coefficient (Wildman–Crippen LogP) is 2.41. The highest BCUT2D eigenvalue weighted by Gasteiger charge is 2.08. The second-order valence-corrected chi connectivity index (χ2v) is 4.00. The summed E-state index contributed by atoms with van der Waals surface area (Å²) in [5.74, 6) is 0.127. The Morgan fingerprint density at radius 2 is 2.22 bits per heavy atom. The van der Waals surface area contributed by atoms with Crippen LogP contribution in [0.25, 0.3) is 0 Å². The largest absolute Gasteiger partial charge is 0.387 e. The number of hydrogen-bond donors (Lipinski definition) is 2. The van der Waals surface area contributed by atoms with Gasteiger partial charge in [0.05, 0.1) is 6.10 Å². The van der Waals surface area contributed by atoms with Crippen LogP contribution < -0.4 is 5.32 Å². The summed E-state index contributed by atoms with van der Waals surface area (Å²) < 4.78 is 13.0. The summed E-state index contributed by atoms with van der Waals surface area (Å²) in [7, 11) is 0. The monoisotopic (exact) mass is 267 g/mol. The molecule has 18 heavy (non-hydrogen) atoms. The summed E-state index contributed by atoms with van der Waals surface area (Å²) in [6, 6.07) is 7.45. The second kappa shape index (κ2) is 5.75. The van der Waals surface area contributed by atoms with Gasteiger partial charge in [-0.15, -0.1) is 0 Å². The fourth-order valence-corrected chi connectivity index (χ4v) is 1.61. The minimum absolute atomic E-state index is 0.125. The van der Waals surface area contributed by atoms with Crippen molar-refractivity contribution in [2.24, 2.45) is 0 Å². The van der Waals surface area contributed by atoms with Gasteiger partial charge in [0.15, 0.2) is 0 Å². The molecule has 0 saturated carbocycles. The van der Waals surface area contributed by atoms with Gasteiger partial charge >= 0.3 is 0 Å². The standard InChI is InChI=1S/C12H11ClFN3O/c13-12-15-5-4-11(17-12)16-7-10(18)8-2-1-3-9(14)6-8/h1-6,10,18H,7H2,(H,15,16,17). The molecule has 6 heteroatoms. The maximum atomic E-state index is 13.0. The molecule has 0 fully saturated rings. The maximum Gasteiger partial charge on any atom is 0.224 e. The molecule has 1 aromatic carbocycles. The molecule has 1 aromatic heterocycles. The lowest BCUT2D eigenvalue weighted by molar-refractivity contribution is 0.191. The van der Waals surface area contributed by atoms with Crippen LogP contribution in [0, 0.1) is 5.82 Å². The third-order valence-corrected chi connectivity index (χ3v) is 2.52. The van der Waals surface area contributed by atoms with Crippen molar-refractivity contribution >= 4 is 17.4 Å². The molecule has 0 bridgehead atoms. The van der Waals surface area contributed by atoms with Gasteiger partial charge in [-0.05, 0) is 35.4 Å². The molecule has 2 aromatic rings. The van der Waals surface area contributed by atoms with Crippen LogP contribution in [0.1, 0.15) is 11.7 Å². The summed E-state index contributed by atoms with van der Waals surface area (Å²) in [6.07, 6.45) is 0.682. The van der Waals surface area contributed by atoms with Gasteiger partial charge in [0.2, 0.25) is 5.28 Å². The molecule has 0 spiro atoms. The van der Waals surface area contributed by atoms with Crippen molar-refractivity contribution < 1.29 is 9.50 Å². The number of aliphatic hydroxyl groups is 1. The lowest BCUT2D eigenvalue weighted by Crippen LogP contribution is -2.13. The molecule has 94 valence electrons. The first kappa shape index (κ1) is 12.7. The molecule has 0 amide bonds. The van der Waals surface area contributed by atoms with Crippen molar-refractivity contribution in [3.63, 3.8) is 0 Å². The highest BCUT2D eigenvalue weighted by Crippen LogP contribution is 2.15. The quantitative estimate of drug-likeness (QED) is 0.836. The Morgan fingerprint density at radius 1 is 1.39 bits per heavy atom. The number of nitrogens with one attached hydrogen (secondary N) is 1. The van der Waals surface area contributed by atoms with Crippen LogP contribution in [-0.2, 0) is 0 Å². The van der Waals surface area contributed by atoms with Crippen LogP contribution in [-0.4, -0.2) is 21.6 Å². The van der Waals surface area contributed by atoms with Gasteiger partial charge in [-0.2, -0.15) is 0 Å². The third-order valence-electron chi connectivity index (χ3n) is 2.34. The van der Waals surface area contributed by atoms with E-state index in [0.717, 1.165) is 0 Å². The summed E-state index contributed by atoms with van der Waals surface area (Å²) in [4.78, 5) is 7.65. The molecular weight excluding hydrogens is 257 g/mol. The van der Waals surface area contributed by atoms with Gasteiger partial charge < -0.3 is 10.4 Å². The molecule has 1 heterocycles. The predicted molar refractivity (Wildman–Crippen MR) is 66.9 cm³/mol. The Hall–Kier alpha value is -1.72. The van der Waals surface area contributed by atoms with Gasteiger partial charge in [0.1, 0.15) is 11.6 Å². The molecule has 4 nitrogen and oxygen atoms in total. The van der Waals surface area contributed by atoms with Gasteiger partial charge in [-0.25, -0.2) is 14.4 Å². The molecule has 2 N–H and O–H groups in total. The van der Waals surface area contributed by atoms with Crippen LogP contribution in [0.2, 0.25) is 5.28 Å². The van der Waals surface area contributed by atoms with E-state index in [2.05, 4.69) is 15.3 Å². The van der Waals surface area contributed by atoms with Gasteiger partial charge in [-0.3, -0.25) is 0 Å². The zero-order chi connectivity index (χ0) is 13.0. The van der Waals surface area contributed by atoms with Crippen molar-refractivity contribution in [1.29, 1.82) is 0 Å². The zero-order valence-corrected chi connectivity index (χ0v) is 10.1. The number of nitrogens with zero attached hydrogens (tertiary/aromatic N) is 2. The molecule has 0 aliphatic rings. The van der Waals surface area contributed by atoms with Gasteiger partial charge in [0, 0.05) is 12.7 Å². The molecule has 1 atom stereocenters. The number of halogens is 2. The van der Waals surface area contributed by atoms with Crippen molar-refractivity contribution in [2.45, 2.75) is 6.10 Å². The number of benzene rings is 1. The van der Waals surface area contributed by atoms with Crippen molar-refractivity contribution in [3.8, 4) is 0 Å². The molecule has 0 radical (unpaired) electrons. The molecule has 1 unspecified atom stereocenters. The van der Waals surface area contributed by atoms with E-state index in [4.69, 9.17) is 11.6 Å². The number of rotatable bonds is 4. The molecular formula is C12H11ClFN3O. The summed E-state index contributed by atoms with van der Waals surface area (Å²) in [5, 5.41) is 12.9. The lowest BCUT2D eigenvalue weighted by atomic mass is 10.1. The van der Waals surface area contributed by atoms with E-state index in [-0.39, 0.29) is 17.6 Å². The Labute approximate surface area is 108 Å². The van der Waals surface area contributed by atoms with Gasteiger partial charge in [0.25, 0.3) is 0 Å². The fraction of sp³-hybridized carbons (Fsp3) is 0.167. The van der Waals surface area contributed by atoms with E-state index in [1.807, 2.05) is 0 Å². The van der Waals surface area contributed by atoms with E-state index in [1.54, 1.807) is 18.2 Å². The number of aliphatic hydroxyl groups excluding tert-OH is 1. The Kier molecular flexibility index (Phi) is 4.07. The first-order valence-corrected chi connectivity index (χ1v) is 5.69. The zero-order valence-electron chi connectivity index (χ0n) is 9.35. The summed E-state index contributed by atoms with van der Waals surface area (Å²) in [5.41, 5.74) is 0.502. The minimum Gasteiger partial charge on any atom is -0.387 e. The van der Waals surface area contributed by atoms with E-state index >= 15 is 0 Å². The summed E-state index contributed by atoms with van der Waals surface area (Å²) >= 11 is 5.62. The van der Waals surface area contributed by atoms with E-state index in [9.17, 15) is 9.50 Å². The third kappa shape index (κ3) is 3.38. The smallest absolute Gasteiger partial charge is 0.224 e. The first-order chi connectivity index (χ1) is 8.65. The highest BCUT2D eigenvalue weighted by atomic mass is 35.5. The molecule has 2 rings (SSSR count). The van der Waals surface area contributed by atoms with E-state index < -0.39 is 6.10 Å². The Morgan fingerprint density at radius 3 is 2.94 bits per heavy atom. The Balaban J connectivity index is 1.98. The molecule has 0 aliphatic heterocycles. The molecule has 0 saturated heterocycles. The van der Waals surface area contributed by atoms with E-state index in [1.165, 1.54) is 18.3 Å². The fourth-order valence-electron chi connectivity index (χ4n) is 1.47. The first-order valence-electron chi connectivity index (χ1n) is 5.31. The topological polar surface area (TPSA) is 58.0 Å². The minimum atomic E-state index is -0.825. The SMILES string of the molecule is OC(CNc1ccnc(Cl)n1)c1cccc(F)c1. The van der Waals surface area contributed by atoms with Crippen LogP contribution in [0.3, 0.4) is 0 Å². The number of aromatic nitrogens is 2. The van der Waals surface area contributed by atoms with Crippen molar-refractivity contribution in [1.82, 2.24) is 9.97 Å². The second-order valence-electron chi connectivity index (χ2n) is 3.66. The Bertz CT molecular complexity index is 538. The summed E-state index contributed by atoms with van der Waals surface area (Å²) in [6.45, 7) is 0.205. The maximum absolute atomic E-state index is 13.0. The van der Waals surface area contributed by atoms with Crippen LogP contribution >= 0.6 is 11.6 Å². The van der Waals surface area contributed by atoms with Crippen LogP contribution in [0.15, 0.2) is 36.5 Å². The number of anilines is 1. The van der Waals surface area contributed by atoms with Crippen molar-refractivity contribution in [2.75, 3.05) is 11.9 Å². The average molecular weight is 268 g/mol. The average Bonchev–Trinajstić information content (AvgIpc) is 2.36.